The van der Waals surface area contributed by atoms with Gasteiger partial charge in [0, 0.05) is 24.8 Å². The first kappa shape index (κ1) is 18.8. The Morgan fingerprint density at radius 2 is 2.17 bits per heavy atom. The Labute approximate surface area is 148 Å². The van der Waals surface area contributed by atoms with Gasteiger partial charge in [0.25, 0.3) is 0 Å². The number of halogens is 1. The third-order valence-electron chi connectivity index (χ3n) is 3.75. The van der Waals surface area contributed by atoms with E-state index in [1.807, 2.05) is 27.7 Å². The first-order valence-electron chi connectivity index (χ1n) is 8.35. The third-order valence-corrected chi connectivity index (χ3v) is 3.92. The Bertz CT molecular complexity index is 554. The number of rotatable bonds is 4. The van der Waals surface area contributed by atoms with Crippen LogP contribution in [0.25, 0.3) is 0 Å². The zero-order valence-corrected chi connectivity index (χ0v) is 15.6. The van der Waals surface area contributed by atoms with Crippen LogP contribution < -0.4 is 4.74 Å². The van der Waals surface area contributed by atoms with Crippen LogP contribution in [0.3, 0.4) is 0 Å². The van der Waals surface area contributed by atoms with E-state index < -0.39 is 5.60 Å². The second-order valence-corrected chi connectivity index (χ2v) is 7.53. The summed E-state index contributed by atoms with van der Waals surface area (Å²) in [5.41, 5.74) is 0.316. The van der Waals surface area contributed by atoms with Crippen molar-refractivity contribution in [3.8, 4) is 5.88 Å². The summed E-state index contributed by atoms with van der Waals surface area (Å²) in [7, 11) is 0. The Morgan fingerprint density at radius 3 is 2.83 bits per heavy atom. The van der Waals surface area contributed by atoms with Gasteiger partial charge in [0.05, 0.1) is 6.61 Å². The molecule has 0 radical (unpaired) electrons. The minimum absolute atomic E-state index is 0.193. The normalized spacial score (nSPS) is 18.4. The summed E-state index contributed by atoms with van der Waals surface area (Å²) >= 11 is 5.82. The minimum atomic E-state index is -0.461. The summed E-state index contributed by atoms with van der Waals surface area (Å²) in [6.45, 7) is 9.51. The summed E-state index contributed by atoms with van der Waals surface area (Å²) in [6, 6.07) is 1.76. The molecule has 0 spiro atoms. The molecule has 0 bridgehead atoms. The zero-order valence-electron chi connectivity index (χ0n) is 14.8. The standard InChI is InChI=1S/C17H26ClN3O3/c1-12-10-14(20-15(18)19-12)23-9-7-13-6-5-8-21(11-13)16(22)24-17(2,3)4/h10,13H,5-9,11H2,1-4H3/t13-/m1/s1. The van der Waals surface area contributed by atoms with Crippen LogP contribution in [0, 0.1) is 12.8 Å². The molecule has 1 aromatic heterocycles. The SMILES string of the molecule is Cc1cc(OCC[C@H]2CCCN(C(=O)OC(C)(C)C)C2)nc(Cl)n1. The average molecular weight is 356 g/mol. The summed E-state index contributed by atoms with van der Waals surface area (Å²) < 4.78 is 11.1. The van der Waals surface area contributed by atoms with Gasteiger partial charge in [-0.25, -0.2) is 9.78 Å². The largest absolute Gasteiger partial charge is 0.478 e. The second-order valence-electron chi connectivity index (χ2n) is 7.19. The number of likely N-dealkylation sites (tertiary alicyclic amines) is 1. The Balaban J connectivity index is 1.79. The number of amides is 1. The van der Waals surface area contributed by atoms with Crippen molar-refractivity contribution in [3.05, 3.63) is 17.0 Å². The van der Waals surface area contributed by atoms with Gasteiger partial charge in [-0.05, 0) is 64.5 Å². The van der Waals surface area contributed by atoms with Gasteiger partial charge >= 0.3 is 6.09 Å². The van der Waals surface area contributed by atoms with Gasteiger partial charge in [0.2, 0.25) is 11.2 Å². The van der Waals surface area contributed by atoms with E-state index in [-0.39, 0.29) is 11.4 Å². The van der Waals surface area contributed by atoms with Crippen LogP contribution >= 0.6 is 11.6 Å². The van der Waals surface area contributed by atoms with Gasteiger partial charge in [-0.3, -0.25) is 0 Å². The molecule has 7 heteroatoms. The lowest BCUT2D eigenvalue weighted by Crippen LogP contribution is -2.43. The molecule has 0 unspecified atom stereocenters. The zero-order chi connectivity index (χ0) is 17.7. The van der Waals surface area contributed by atoms with Crippen LogP contribution in [0.15, 0.2) is 6.07 Å². The van der Waals surface area contributed by atoms with Crippen molar-refractivity contribution in [2.24, 2.45) is 5.92 Å². The molecule has 1 aromatic rings. The van der Waals surface area contributed by atoms with E-state index in [0.717, 1.165) is 31.5 Å². The average Bonchev–Trinajstić information content (AvgIpc) is 2.45. The molecular formula is C17H26ClN3O3. The molecular weight excluding hydrogens is 330 g/mol. The number of hydrogen-bond donors (Lipinski definition) is 0. The highest BCUT2D eigenvalue weighted by molar-refractivity contribution is 6.28. The second kappa shape index (κ2) is 8.01. The van der Waals surface area contributed by atoms with E-state index in [1.165, 1.54) is 0 Å². The number of nitrogens with zero attached hydrogens (tertiary/aromatic N) is 3. The number of ether oxygens (including phenoxy) is 2. The highest BCUT2D eigenvalue weighted by Gasteiger charge is 2.27. The maximum absolute atomic E-state index is 12.2. The van der Waals surface area contributed by atoms with Crippen molar-refractivity contribution < 1.29 is 14.3 Å². The molecule has 1 amide bonds. The third kappa shape index (κ3) is 6.15. The van der Waals surface area contributed by atoms with E-state index >= 15 is 0 Å². The van der Waals surface area contributed by atoms with E-state index in [9.17, 15) is 4.79 Å². The van der Waals surface area contributed by atoms with Gasteiger partial charge in [-0.2, -0.15) is 4.98 Å². The number of aryl methyl sites for hydroxylation is 1. The lowest BCUT2D eigenvalue weighted by molar-refractivity contribution is 0.0154. The van der Waals surface area contributed by atoms with Gasteiger partial charge in [-0.15, -0.1) is 0 Å². The van der Waals surface area contributed by atoms with Crippen LogP contribution in [0.5, 0.6) is 5.88 Å². The minimum Gasteiger partial charge on any atom is -0.478 e. The summed E-state index contributed by atoms with van der Waals surface area (Å²) in [5.74, 6) is 0.900. The molecule has 0 saturated carbocycles. The fourth-order valence-electron chi connectivity index (χ4n) is 2.70. The fourth-order valence-corrected chi connectivity index (χ4v) is 2.92. The smallest absolute Gasteiger partial charge is 0.410 e. The van der Waals surface area contributed by atoms with Crippen LogP contribution in [0.4, 0.5) is 4.79 Å². The summed E-state index contributed by atoms with van der Waals surface area (Å²) in [5, 5.41) is 0.193. The molecule has 0 aliphatic carbocycles. The maximum Gasteiger partial charge on any atom is 0.410 e. The lowest BCUT2D eigenvalue weighted by Gasteiger charge is -2.34. The molecule has 1 atom stereocenters. The molecule has 134 valence electrons. The number of carbonyl (C=O) groups excluding carboxylic acids is 1. The first-order valence-corrected chi connectivity index (χ1v) is 8.72. The highest BCUT2D eigenvalue weighted by Crippen LogP contribution is 2.22. The van der Waals surface area contributed by atoms with E-state index in [2.05, 4.69) is 9.97 Å². The van der Waals surface area contributed by atoms with Crippen molar-refractivity contribution in [1.82, 2.24) is 14.9 Å². The van der Waals surface area contributed by atoms with Crippen LogP contribution in [0.1, 0.15) is 45.7 Å². The molecule has 24 heavy (non-hydrogen) atoms. The number of carbonyl (C=O) groups is 1. The number of piperidine rings is 1. The Hall–Kier alpha value is -1.56. The van der Waals surface area contributed by atoms with Gasteiger partial charge < -0.3 is 14.4 Å². The fraction of sp³-hybridized carbons (Fsp3) is 0.706. The van der Waals surface area contributed by atoms with Gasteiger partial charge in [-0.1, -0.05) is 0 Å². The molecule has 1 aliphatic rings. The molecule has 1 aliphatic heterocycles. The van der Waals surface area contributed by atoms with Crippen molar-refractivity contribution in [1.29, 1.82) is 0 Å². The molecule has 0 aromatic carbocycles. The quantitative estimate of drug-likeness (QED) is 0.767. The highest BCUT2D eigenvalue weighted by atomic mass is 35.5. The molecule has 6 nitrogen and oxygen atoms in total. The first-order chi connectivity index (χ1) is 11.2. The van der Waals surface area contributed by atoms with Gasteiger partial charge in [0.1, 0.15) is 5.60 Å². The number of hydrogen-bond acceptors (Lipinski definition) is 5. The lowest BCUT2D eigenvalue weighted by atomic mass is 9.95. The van der Waals surface area contributed by atoms with E-state index in [0.29, 0.717) is 24.9 Å². The Morgan fingerprint density at radius 1 is 1.42 bits per heavy atom. The summed E-state index contributed by atoms with van der Waals surface area (Å²) in [4.78, 5) is 22.0. The van der Waals surface area contributed by atoms with Crippen LogP contribution in [0.2, 0.25) is 5.28 Å². The predicted octanol–water partition coefficient (Wildman–Crippen LogP) is 3.85. The molecule has 2 heterocycles. The molecule has 1 fully saturated rings. The topological polar surface area (TPSA) is 64.5 Å². The monoisotopic (exact) mass is 355 g/mol. The molecule has 2 rings (SSSR count). The molecule has 0 N–H and O–H groups in total. The van der Waals surface area contributed by atoms with Crippen LogP contribution in [-0.2, 0) is 4.74 Å². The Kier molecular flexibility index (Phi) is 6.27. The predicted molar refractivity (Wildman–Crippen MR) is 92.4 cm³/mol. The van der Waals surface area contributed by atoms with Crippen molar-refractivity contribution in [3.63, 3.8) is 0 Å². The van der Waals surface area contributed by atoms with Crippen LogP contribution in [-0.4, -0.2) is 46.3 Å². The van der Waals surface area contributed by atoms with Gasteiger partial charge in [0.15, 0.2) is 0 Å². The maximum atomic E-state index is 12.2. The van der Waals surface area contributed by atoms with Crippen molar-refractivity contribution in [2.45, 2.75) is 52.6 Å². The van der Waals surface area contributed by atoms with E-state index in [4.69, 9.17) is 21.1 Å². The van der Waals surface area contributed by atoms with Crippen molar-refractivity contribution >= 4 is 17.7 Å². The molecule has 1 saturated heterocycles. The number of aromatic nitrogens is 2. The summed E-state index contributed by atoms with van der Waals surface area (Å²) in [6.07, 6.45) is 2.71. The van der Waals surface area contributed by atoms with E-state index in [1.54, 1.807) is 11.0 Å². The van der Waals surface area contributed by atoms with Crippen molar-refractivity contribution in [2.75, 3.05) is 19.7 Å².